The molecule has 1 unspecified atom stereocenters. The molecule has 0 bridgehead atoms. The van der Waals surface area contributed by atoms with Gasteiger partial charge in [-0.25, -0.2) is 4.98 Å². The highest BCUT2D eigenvalue weighted by Gasteiger charge is 2.14. The lowest BCUT2D eigenvalue weighted by Gasteiger charge is -2.06. The standard InChI is InChI=1S/C13H21N7O/c1-5-9-10(6-2)17-19-12(15-9)16-13-20-18-11(21-13)8(4)14-7-3/h8,14H,5-7H2,1-4H3,(H,15,16,19,20). The van der Waals surface area contributed by atoms with E-state index >= 15 is 0 Å². The maximum Gasteiger partial charge on any atom is 0.322 e. The Morgan fingerprint density at radius 3 is 2.43 bits per heavy atom. The molecule has 0 aromatic carbocycles. The summed E-state index contributed by atoms with van der Waals surface area (Å²) in [5.41, 5.74) is 1.84. The SMILES string of the molecule is CCNC(C)c1nnc(Nc2nnc(CC)c(CC)n2)o1. The van der Waals surface area contributed by atoms with E-state index in [1.54, 1.807) is 0 Å². The van der Waals surface area contributed by atoms with E-state index in [4.69, 9.17) is 4.42 Å². The Bertz CT molecular complexity index is 584. The van der Waals surface area contributed by atoms with E-state index in [1.807, 2.05) is 27.7 Å². The van der Waals surface area contributed by atoms with E-state index in [-0.39, 0.29) is 12.1 Å². The molecule has 2 aromatic heterocycles. The lowest BCUT2D eigenvalue weighted by Crippen LogP contribution is -2.17. The minimum Gasteiger partial charge on any atom is -0.406 e. The van der Waals surface area contributed by atoms with E-state index in [2.05, 4.69) is 36.0 Å². The Morgan fingerprint density at radius 1 is 1.00 bits per heavy atom. The maximum atomic E-state index is 5.53. The van der Waals surface area contributed by atoms with Gasteiger partial charge in [0.15, 0.2) is 0 Å². The van der Waals surface area contributed by atoms with Gasteiger partial charge in [0.05, 0.1) is 17.4 Å². The number of nitrogens with zero attached hydrogens (tertiary/aromatic N) is 5. The molecule has 0 aliphatic heterocycles. The van der Waals surface area contributed by atoms with Crippen LogP contribution < -0.4 is 10.6 Å². The van der Waals surface area contributed by atoms with E-state index < -0.39 is 0 Å². The predicted octanol–water partition coefficient (Wildman–Crippen LogP) is 1.79. The van der Waals surface area contributed by atoms with Gasteiger partial charge in [-0.3, -0.25) is 5.32 Å². The Kier molecular flexibility index (Phi) is 5.15. The van der Waals surface area contributed by atoms with Crippen LogP contribution in [0.3, 0.4) is 0 Å². The smallest absolute Gasteiger partial charge is 0.322 e. The molecule has 0 amide bonds. The minimum atomic E-state index is 0.00534. The van der Waals surface area contributed by atoms with Gasteiger partial charge in [-0.05, 0) is 26.3 Å². The van der Waals surface area contributed by atoms with E-state index in [9.17, 15) is 0 Å². The van der Waals surface area contributed by atoms with Crippen molar-refractivity contribution in [2.45, 2.75) is 46.6 Å². The number of hydrogen-bond acceptors (Lipinski definition) is 8. The van der Waals surface area contributed by atoms with Gasteiger partial charge in [0.2, 0.25) is 5.89 Å². The first kappa shape index (κ1) is 15.3. The maximum absolute atomic E-state index is 5.53. The summed E-state index contributed by atoms with van der Waals surface area (Å²) in [4.78, 5) is 4.42. The Balaban J connectivity index is 2.11. The van der Waals surface area contributed by atoms with Gasteiger partial charge in [-0.2, -0.15) is 0 Å². The van der Waals surface area contributed by atoms with Crippen molar-refractivity contribution in [2.75, 3.05) is 11.9 Å². The third-order valence-electron chi connectivity index (χ3n) is 3.05. The molecule has 0 aliphatic carbocycles. The molecule has 8 heteroatoms. The average molecular weight is 291 g/mol. The molecule has 2 aromatic rings. The van der Waals surface area contributed by atoms with Crippen molar-refractivity contribution < 1.29 is 4.42 Å². The van der Waals surface area contributed by atoms with Crippen LogP contribution in [0.1, 0.15) is 51.0 Å². The molecule has 114 valence electrons. The van der Waals surface area contributed by atoms with Crippen LogP contribution in [0.2, 0.25) is 0 Å². The molecule has 2 rings (SSSR count). The van der Waals surface area contributed by atoms with Crippen molar-refractivity contribution in [1.29, 1.82) is 0 Å². The van der Waals surface area contributed by atoms with E-state index in [1.165, 1.54) is 0 Å². The molecule has 0 saturated heterocycles. The van der Waals surface area contributed by atoms with Crippen LogP contribution in [-0.4, -0.2) is 31.9 Å². The average Bonchev–Trinajstić information content (AvgIpc) is 2.96. The van der Waals surface area contributed by atoms with Gasteiger partial charge in [0.25, 0.3) is 5.95 Å². The number of aryl methyl sites for hydroxylation is 2. The second-order valence-electron chi connectivity index (χ2n) is 4.59. The van der Waals surface area contributed by atoms with Crippen molar-refractivity contribution >= 4 is 12.0 Å². The third kappa shape index (κ3) is 3.72. The van der Waals surface area contributed by atoms with Crippen LogP contribution in [0.5, 0.6) is 0 Å². The van der Waals surface area contributed by atoms with Crippen LogP contribution in [-0.2, 0) is 12.8 Å². The summed E-state index contributed by atoms with van der Waals surface area (Å²) in [5.74, 6) is 0.892. The van der Waals surface area contributed by atoms with Crippen LogP contribution in [0.25, 0.3) is 0 Å². The molecule has 21 heavy (non-hydrogen) atoms. The van der Waals surface area contributed by atoms with Gasteiger partial charge in [-0.1, -0.05) is 25.9 Å². The monoisotopic (exact) mass is 291 g/mol. The Hall–Kier alpha value is -2.09. The first-order valence-corrected chi connectivity index (χ1v) is 7.24. The fourth-order valence-corrected chi connectivity index (χ4v) is 1.94. The first-order chi connectivity index (χ1) is 10.2. The summed E-state index contributed by atoms with van der Waals surface area (Å²) in [6.07, 6.45) is 1.62. The molecule has 2 N–H and O–H groups in total. The van der Waals surface area contributed by atoms with Crippen molar-refractivity contribution in [3.8, 4) is 0 Å². The zero-order valence-corrected chi connectivity index (χ0v) is 12.8. The van der Waals surface area contributed by atoms with Crippen molar-refractivity contribution in [2.24, 2.45) is 0 Å². The van der Waals surface area contributed by atoms with Crippen LogP contribution >= 0.6 is 0 Å². The van der Waals surface area contributed by atoms with E-state index in [0.29, 0.717) is 11.8 Å². The molecular weight excluding hydrogens is 270 g/mol. The lowest BCUT2D eigenvalue weighted by atomic mass is 10.2. The van der Waals surface area contributed by atoms with Gasteiger partial charge in [0, 0.05) is 0 Å². The third-order valence-corrected chi connectivity index (χ3v) is 3.05. The summed E-state index contributed by atoms with van der Waals surface area (Å²) >= 11 is 0. The van der Waals surface area contributed by atoms with Crippen molar-refractivity contribution in [1.82, 2.24) is 30.7 Å². The fraction of sp³-hybridized carbons (Fsp3) is 0.615. The molecule has 2 heterocycles. The normalized spacial score (nSPS) is 12.4. The number of nitrogens with one attached hydrogen (secondary N) is 2. The summed E-state index contributed by atoms with van der Waals surface area (Å²) in [7, 11) is 0. The molecular formula is C13H21N7O. The van der Waals surface area contributed by atoms with Gasteiger partial charge >= 0.3 is 6.01 Å². The second kappa shape index (κ2) is 7.07. The van der Waals surface area contributed by atoms with E-state index in [0.717, 1.165) is 30.8 Å². The highest BCUT2D eigenvalue weighted by atomic mass is 16.4. The first-order valence-electron chi connectivity index (χ1n) is 7.24. The fourth-order valence-electron chi connectivity index (χ4n) is 1.94. The van der Waals surface area contributed by atoms with Crippen LogP contribution in [0.4, 0.5) is 12.0 Å². The van der Waals surface area contributed by atoms with Gasteiger partial charge in [-0.15, -0.1) is 15.3 Å². The number of aromatic nitrogens is 5. The Labute approximate surface area is 123 Å². The zero-order valence-electron chi connectivity index (χ0n) is 12.8. The highest BCUT2D eigenvalue weighted by Crippen LogP contribution is 2.16. The summed E-state index contributed by atoms with van der Waals surface area (Å²) in [6, 6.07) is 0.272. The molecule has 0 fully saturated rings. The van der Waals surface area contributed by atoms with Gasteiger partial charge in [0.1, 0.15) is 0 Å². The zero-order chi connectivity index (χ0) is 15.2. The molecule has 1 atom stereocenters. The lowest BCUT2D eigenvalue weighted by molar-refractivity contribution is 0.430. The largest absolute Gasteiger partial charge is 0.406 e. The molecule has 0 spiro atoms. The van der Waals surface area contributed by atoms with Crippen molar-refractivity contribution in [3.05, 3.63) is 17.3 Å². The quantitative estimate of drug-likeness (QED) is 0.796. The molecule has 0 saturated carbocycles. The van der Waals surface area contributed by atoms with Crippen molar-refractivity contribution in [3.63, 3.8) is 0 Å². The molecule has 0 radical (unpaired) electrons. The summed E-state index contributed by atoms with van der Waals surface area (Å²) < 4.78 is 5.53. The number of hydrogen-bond donors (Lipinski definition) is 2. The predicted molar refractivity (Wildman–Crippen MR) is 78.3 cm³/mol. The number of rotatable bonds is 7. The second-order valence-corrected chi connectivity index (χ2v) is 4.59. The molecule has 0 aliphatic rings. The topological polar surface area (TPSA) is 102 Å². The van der Waals surface area contributed by atoms with Crippen LogP contribution in [0.15, 0.2) is 4.42 Å². The highest BCUT2D eigenvalue weighted by molar-refractivity contribution is 5.39. The summed E-state index contributed by atoms with van der Waals surface area (Å²) in [6.45, 7) is 8.88. The minimum absolute atomic E-state index is 0.00534. The molecule has 8 nitrogen and oxygen atoms in total. The Morgan fingerprint density at radius 2 is 1.76 bits per heavy atom. The summed E-state index contributed by atoms with van der Waals surface area (Å²) in [5, 5.41) is 22.2. The van der Waals surface area contributed by atoms with Crippen LogP contribution in [0, 0.1) is 0 Å². The van der Waals surface area contributed by atoms with Gasteiger partial charge < -0.3 is 9.73 Å². The number of anilines is 2.